The minimum Gasteiger partial charge on any atom is -0.358 e. The van der Waals surface area contributed by atoms with Crippen LogP contribution in [0.2, 0.25) is 0 Å². The van der Waals surface area contributed by atoms with Crippen LogP contribution in [0.5, 0.6) is 5.88 Å². The zero-order valence-electron chi connectivity index (χ0n) is 18.4. The summed E-state index contributed by atoms with van der Waals surface area (Å²) in [6.07, 6.45) is 0.408. The van der Waals surface area contributed by atoms with Gasteiger partial charge in [-0.3, -0.25) is 0 Å². The molecule has 8 heteroatoms. The van der Waals surface area contributed by atoms with Crippen molar-refractivity contribution in [3.05, 3.63) is 77.0 Å². The largest absolute Gasteiger partial charge is 0.358 e. The fourth-order valence-electron chi connectivity index (χ4n) is 3.16. The van der Waals surface area contributed by atoms with Crippen LogP contribution in [0.4, 0.5) is 0 Å². The van der Waals surface area contributed by atoms with Gasteiger partial charge in [0.2, 0.25) is 5.88 Å². The zero-order valence-corrected chi connectivity index (χ0v) is 20.1. The van der Waals surface area contributed by atoms with Crippen molar-refractivity contribution in [2.24, 2.45) is 0 Å². The summed E-state index contributed by atoms with van der Waals surface area (Å²) in [6.45, 7) is 7.72. The highest BCUT2D eigenvalue weighted by atomic mass is 32.2. The number of benzene rings is 2. The number of nitrogens with zero attached hydrogens (tertiary/aromatic N) is 3. The molecule has 1 unspecified atom stereocenters. The fourth-order valence-corrected chi connectivity index (χ4v) is 4.78. The average Bonchev–Trinajstić information content (AvgIpc) is 2.74. The molecule has 0 aliphatic heterocycles. The lowest BCUT2D eigenvalue weighted by Gasteiger charge is -2.18. The Morgan fingerprint density at radius 3 is 2.28 bits per heavy atom. The van der Waals surface area contributed by atoms with Crippen molar-refractivity contribution in [3.8, 4) is 11.9 Å². The monoisotopic (exact) mass is 467 g/mol. The Kier molecular flexibility index (Phi) is 7.54. The standard InChI is InChI=1S/C24H25N3O3S2/c1-5-20-22(21(15-25)18-9-7-6-8-10-18)26-24(31-16(2)3)27-23(20)30-32(28,29)19-13-11-17(4)12-14-19/h6-14,16,21H,5H2,1-4H3. The maximum Gasteiger partial charge on any atom is 0.340 e. The molecule has 2 aromatic carbocycles. The highest BCUT2D eigenvalue weighted by Gasteiger charge is 2.27. The minimum absolute atomic E-state index is 0.0302. The molecule has 1 aromatic heterocycles. The van der Waals surface area contributed by atoms with E-state index in [1.807, 2.05) is 58.0 Å². The van der Waals surface area contributed by atoms with Crippen LogP contribution < -0.4 is 4.18 Å². The van der Waals surface area contributed by atoms with Gasteiger partial charge in [0.05, 0.1) is 11.8 Å². The molecule has 0 radical (unpaired) electrons. The predicted octanol–water partition coefficient (Wildman–Crippen LogP) is 5.27. The highest BCUT2D eigenvalue weighted by molar-refractivity contribution is 7.99. The third-order valence-electron chi connectivity index (χ3n) is 4.71. The third-order valence-corrected chi connectivity index (χ3v) is 6.80. The summed E-state index contributed by atoms with van der Waals surface area (Å²) in [5.41, 5.74) is 2.69. The van der Waals surface area contributed by atoms with Gasteiger partial charge in [-0.25, -0.2) is 4.98 Å². The van der Waals surface area contributed by atoms with E-state index in [4.69, 9.17) is 4.18 Å². The molecule has 0 fully saturated rings. The summed E-state index contributed by atoms with van der Waals surface area (Å²) >= 11 is 1.39. The maximum absolute atomic E-state index is 13.0. The van der Waals surface area contributed by atoms with Gasteiger partial charge in [-0.2, -0.15) is 18.7 Å². The number of rotatable bonds is 8. The first kappa shape index (κ1) is 23.8. The first-order chi connectivity index (χ1) is 15.2. The first-order valence-electron chi connectivity index (χ1n) is 10.3. The van der Waals surface area contributed by atoms with Crippen LogP contribution in [0.25, 0.3) is 0 Å². The molecule has 0 bridgehead atoms. The second-order valence-corrected chi connectivity index (χ2v) is 10.6. The van der Waals surface area contributed by atoms with Crippen molar-refractivity contribution in [3.63, 3.8) is 0 Å². The lowest BCUT2D eigenvalue weighted by molar-refractivity contribution is 0.466. The van der Waals surface area contributed by atoms with Crippen LogP contribution in [0, 0.1) is 18.3 Å². The van der Waals surface area contributed by atoms with Gasteiger partial charge in [0.25, 0.3) is 0 Å². The van der Waals surface area contributed by atoms with Gasteiger partial charge >= 0.3 is 10.1 Å². The van der Waals surface area contributed by atoms with E-state index in [0.717, 1.165) is 11.1 Å². The van der Waals surface area contributed by atoms with Crippen molar-refractivity contribution in [2.45, 2.75) is 55.3 Å². The van der Waals surface area contributed by atoms with Gasteiger partial charge < -0.3 is 4.18 Å². The Balaban J connectivity index is 2.15. The second kappa shape index (κ2) is 10.2. The molecule has 3 aromatic rings. The quantitative estimate of drug-likeness (QED) is 0.253. The van der Waals surface area contributed by atoms with Crippen molar-refractivity contribution < 1.29 is 12.6 Å². The number of hydrogen-bond acceptors (Lipinski definition) is 7. The van der Waals surface area contributed by atoms with E-state index >= 15 is 0 Å². The molecule has 0 N–H and O–H groups in total. The van der Waals surface area contributed by atoms with Crippen molar-refractivity contribution in [2.75, 3.05) is 0 Å². The maximum atomic E-state index is 13.0. The van der Waals surface area contributed by atoms with Crippen LogP contribution in [0.1, 0.15) is 49.1 Å². The van der Waals surface area contributed by atoms with Gasteiger partial charge in [-0.15, -0.1) is 0 Å². The molecule has 6 nitrogen and oxygen atoms in total. The molecule has 166 valence electrons. The van der Waals surface area contributed by atoms with Gasteiger partial charge in [-0.05, 0) is 31.0 Å². The van der Waals surface area contributed by atoms with Gasteiger partial charge in [-0.1, -0.05) is 80.6 Å². The zero-order chi connectivity index (χ0) is 23.3. The van der Waals surface area contributed by atoms with E-state index < -0.39 is 16.0 Å². The van der Waals surface area contributed by atoms with E-state index in [0.29, 0.717) is 22.8 Å². The van der Waals surface area contributed by atoms with Crippen LogP contribution in [0.3, 0.4) is 0 Å². The van der Waals surface area contributed by atoms with Gasteiger partial charge in [0.1, 0.15) is 10.8 Å². The molecule has 0 aliphatic carbocycles. The summed E-state index contributed by atoms with van der Waals surface area (Å²) in [5.74, 6) is -0.706. The number of aryl methyl sites for hydroxylation is 1. The Labute approximate surface area is 193 Å². The van der Waals surface area contributed by atoms with Crippen LogP contribution in [-0.4, -0.2) is 23.6 Å². The molecule has 0 amide bonds. The highest BCUT2D eigenvalue weighted by Crippen LogP contribution is 2.34. The fraction of sp³-hybridized carbons (Fsp3) is 0.292. The summed E-state index contributed by atoms with van der Waals surface area (Å²) in [7, 11) is -4.10. The minimum atomic E-state index is -4.10. The Hall–Kier alpha value is -2.89. The van der Waals surface area contributed by atoms with E-state index in [2.05, 4.69) is 16.0 Å². The van der Waals surface area contributed by atoms with E-state index in [-0.39, 0.29) is 16.0 Å². The van der Waals surface area contributed by atoms with Crippen LogP contribution in [0.15, 0.2) is 64.6 Å². The van der Waals surface area contributed by atoms with Gasteiger partial charge in [0, 0.05) is 10.8 Å². The summed E-state index contributed by atoms with van der Waals surface area (Å²) in [5, 5.41) is 10.5. The summed E-state index contributed by atoms with van der Waals surface area (Å²) < 4.78 is 31.5. The molecule has 3 rings (SSSR count). The van der Waals surface area contributed by atoms with Crippen molar-refractivity contribution in [1.82, 2.24) is 9.97 Å². The molecule has 1 atom stereocenters. The number of nitriles is 1. The predicted molar refractivity (Wildman–Crippen MR) is 125 cm³/mol. The molecule has 0 aliphatic rings. The smallest absolute Gasteiger partial charge is 0.340 e. The lowest BCUT2D eigenvalue weighted by Crippen LogP contribution is -2.16. The molecule has 32 heavy (non-hydrogen) atoms. The van der Waals surface area contributed by atoms with E-state index in [1.165, 1.54) is 23.9 Å². The SMILES string of the molecule is CCc1c(OS(=O)(=O)c2ccc(C)cc2)nc(SC(C)C)nc1C(C#N)c1ccccc1. The first-order valence-corrected chi connectivity index (χ1v) is 12.6. The third kappa shape index (κ3) is 5.47. The Bertz CT molecular complexity index is 1220. The Morgan fingerprint density at radius 2 is 1.72 bits per heavy atom. The normalized spacial score (nSPS) is 12.4. The molecule has 0 saturated carbocycles. The lowest BCUT2D eigenvalue weighted by atomic mass is 9.93. The van der Waals surface area contributed by atoms with Gasteiger partial charge in [0.15, 0.2) is 5.16 Å². The molecule has 1 heterocycles. The van der Waals surface area contributed by atoms with E-state index in [1.54, 1.807) is 12.1 Å². The number of thioether (sulfide) groups is 1. The summed E-state index contributed by atoms with van der Waals surface area (Å²) in [6, 6.07) is 18.0. The molecule has 0 spiro atoms. The summed E-state index contributed by atoms with van der Waals surface area (Å²) in [4.78, 5) is 9.13. The van der Waals surface area contributed by atoms with Crippen LogP contribution >= 0.6 is 11.8 Å². The van der Waals surface area contributed by atoms with Crippen molar-refractivity contribution in [1.29, 1.82) is 5.26 Å². The van der Waals surface area contributed by atoms with Crippen LogP contribution in [-0.2, 0) is 16.5 Å². The molecule has 0 saturated heterocycles. The average molecular weight is 468 g/mol. The topological polar surface area (TPSA) is 92.9 Å². The second-order valence-electron chi connectivity index (χ2n) is 7.52. The number of hydrogen-bond donors (Lipinski definition) is 0. The molecular weight excluding hydrogens is 442 g/mol. The Morgan fingerprint density at radius 1 is 1.06 bits per heavy atom. The molecular formula is C24H25N3O3S2. The van der Waals surface area contributed by atoms with Crippen molar-refractivity contribution >= 4 is 21.9 Å². The number of aromatic nitrogens is 2. The van der Waals surface area contributed by atoms with E-state index in [9.17, 15) is 13.7 Å².